The van der Waals surface area contributed by atoms with Gasteiger partial charge in [0.25, 0.3) is 0 Å². The third-order valence-electron chi connectivity index (χ3n) is 8.56. The lowest BCUT2D eigenvalue weighted by Crippen LogP contribution is -2.45. The fourth-order valence-electron chi connectivity index (χ4n) is 6.50. The van der Waals surface area contributed by atoms with Gasteiger partial charge in [0.2, 0.25) is 0 Å². The minimum absolute atomic E-state index is 0.0141. The Morgan fingerprint density at radius 1 is 1.24 bits per heavy atom. The zero-order valence-electron chi connectivity index (χ0n) is 20.8. The number of allylic oxidation sites excluding steroid dienone is 2. The van der Waals surface area contributed by atoms with Gasteiger partial charge in [0.1, 0.15) is 28.9 Å². The molecule has 180 valence electrons. The highest BCUT2D eigenvalue weighted by atomic mass is 16.5. The lowest BCUT2D eigenvalue weighted by Gasteiger charge is -2.44. The molecule has 0 amide bonds. The van der Waals surface area contributed by atoms with Crippen LogP contribution < -0.4 is 4.74 Å². The highest BCUT2D eigenvalue weighted by Crippen LogP contribution is 2.67. The lowest BCUT2D eigenvalue weighted by molar-refractivity contribution is 0.00493. The van der Waals surface area contributed by atoms with Gasteiger partial charge in [-0.3, -0.25) is 9.59 Å². The third kappa shape index (κ3) is 3.87. The standard InChI is InChI=1S/C28H38O5/c1-15(2)12-20(30)21-23(31)17-13-28(6)11-7-8-16(3)9-10-19-22(27(19,4)5)26(28)33-25(17)18(14-29)24(21)32/h8,14-15,19,22,26,31-32H,7,9-13H2,1-6H3/t19-,22+,26+,28-/m1/s1. The predicted octanol–water partition coefficient (Wildman–Crippen LogP) is 6.24. The van der Waals surface area contributed by atoms with E-state index in [1.165, 1.54) is 5.57 Å². The number of hydrogen-bond acceptors (Lipinski definition) is 5. The third-order valence-corrected chi connectivity index (χ3v) is 8.56. The molecule has 1 saturated carbocycles. The number of carbonyl (C=O) groups excluding carboxylic acids is 2. The van der Waals surface area contributed by atoms with E-state index in [-0.39, 0.29) is 57.7 Å². The van der Waals surface area contributed by atoms with Crippen LogP contribution in [0.4, 0.5) is 0 Å². The van der Waals surface area contributed by atoms with Gasteiger partial charge >= 0.3 is 0 Å². The van der Waals surface area contributed by atoms with Crippen molar-refractivity contribution >= 4 is 12.1 Å². The van der Waals surface area contributed by atoms with Crippen molar-refractivity contribution in [3.8, 4) is 17.2 Å². The van der Waals surface area contributed by atoms with Crippen LogP contribution in [0.15, 0.2) is 11.6 Å². The fraction of sp³-hybridized carbons (Fsp3) is 0.643. The van der Waals surface area contributed by atoms with Crippen LogP contribution >= 0.6 is 0 Å². The molecule has 0 bridgehead atoms. The fourth-order valence-corrected chi connectivity index (χ4v) is 6.50. The zero-order valence-corrected chi connectivity index (χ0v) is 20.8. The van der Waals surface area contributed by atoms with Crippen molar-refractivity contribution in [1.82, 2.24) is 0 Å². The maximum atomic E-state index is 12.9. The number of ketones is 1. The number of carbonyl (C=O) groups is 2. The molecule has 1 fully saturated rings. The number of ether oxygens (including phenoxy) is 1. The Morgan fingerprint density at radius 2 is 1.94 bits per heavy atom. The van der Waals surface area contributed by atoms with E-state index in [1.807, 2.05) is 13.8 Å². The van der Waals surface area contributed by atoms with Gasteiger partial charge in [-0.25, -0.2) is 0 Å². The van der Waals surface area contributed by atoms with E-state index in [0.717, 1.165) is 25.7 Å². The average molecular weight is 455 g/mol. The minimum Gasteiger partial charge on any atom is -0.507 e. The molecule has 5 heteroatoms. The first kappa shape index (κ1) is 23.8. The van der Waals surface area contributed by atoms with Crippen LogP contribution in [0.3, 0.4) is 0 Å². The summed E-state index contributed by atoms with van der Waals surface area (Å²) < 4.78 is 6.60. The Morgan fingerprint density at radius 3 is 2.58 bits per heavy atom. The maximum Gasteiger partial charge on any atom is 0.170 e. The molecular weight excluding hydrogens is 416 g/mol. The largest absolute Gasteiger partial charge is 0.507 e. The van der Waals surface area contributed by atoms with Crippen molar-refractivity contribution < 1.29 is 24.5 Å². The van der Waals surface area contributed by atoms with Crippen LogP contribution in [0.2, 0.25) is 0 Å². The number of hydrogen-bond donors (Lipinski definition) is 2. The Labute approximate surface area is 197 Å². The van der Waals surface area contributed by atoms with Crippen LogP contribution in [-0.4, -0.2) is 28.4 Å². The second-order valence-corrected chi connectivity index (χ2v) is 11.9. The number of phenols is 2. The molecule has 1 aliphatic heterocycles. The summed E-state index contributed by atoms with van der Waals surface area (Å²) in [4.78, 5) is 25.0. The first-order chi connectivity index (χ1) is 15.4. The number of aromatic hydroxyl groups is 2. The topological polar surface area (TPSA) is 83.8 Å². The lowest BCUT2D eigenvalue weighted by atomic mass is 9.69. The molecule has 33 heavy (non-hydrogen) atoms. The van der Waals surface area contributed by atoms with E-state index in [4.69, 9.17) is 4.74 Å². The molecule has 0 saturated heterocycles. The van der Waals surface area contributed by atoms with Crippen LogP contribution in [0.25, 0.3) is 0 Å². The monoisotopic (exact) mass is 454 g/mol. The molecular formula is C28H38O5. The van der Waals surface area contributed by atoms with Gasteiger partial charge in [0, 0.05) is 23.3 Å². The summed E-state index contributed by atoms with van der Waals surface area (Å²) in [6.07, 6.45) is 7.47. The highest BCUT2D eigenvalue weighted by Gasteiger charge is 2.65. The Balaban J connectivity index is 1.85. The molecule has 0 radical (unpaired) electrons. The molecule has 2 aliphatic carbocycles. The summed E-state index contributed by atoms with van der Waals surface area (Å²) in [5, 5.41) is 22.0. The van der Waals surface area contributed by atoms with E-state index in [1.54, 1.807) is 0 Å². The van der Waals surface area contributed by atoms with Crippen LogP contribution in [0.1, 0.15) is 99.9 Å². The zero-order chi connectivity index (χ0) is 24.3. The van der Waals surface area contributed by atoms with E-state index in [0.29, 0.717) is 30.1 Å². The molecule has 4 rings (SSSR count). The second kappa shape index (κ2) is 8.18. The normalized spacial score (nSPS) is 30.3. The summed E-state index contributed by atoms with van der Waals surface area (Å²) in [5.74, 6) is 0.146. The number of benzene rings is 1. The van der Waals surface area contributed by atoms with Gasteiger partial charge in [-0.2, -0.15) is 0 Å². The number of aldehydes is 1. The van der Waals surface area contributed by atoms with Gasteiger partial charge in [0.15, 0.2) is 12.1 Å². The molecule has 4 atom stereocenters. The van der Waals surface area contributed by atoms with Crippen molar-refractivity contribution in [2.24, 2.45) is 28.6 Å². The summed E-state index contributed by atoms with van der Waals surface area (Å²) in [5.41, 5.74) is 1.62. The quantitative estimate of drug-likeness (QED) is 0.319. The first-order valence-electron chi connectivity index (χ1n) is 12.3. The molecule has 5 nitrogen and oxygen atoms in total. The summed E-state index contributed by atoms with van der Waals surface area (Å²) in [6, 6.07) is 0. The van der Waals surface area contributed by atoms with Crippen molar-refractivity contribution in [3.63, 3.8) is 0 Å². The second-order valence-electron chi connectivity index (χ2n) is 11.9. The van der Waals surface area contributed by atoms with Gasteiger partial charge in [-0.1, -0.05) is 46.3 Å². The highest BCUT2D eigenvalue weighted by molar-refractivity contribution is 6.05. The summed E-state index contributed by atoms with van der Waals surface area (Å²) >= 11 is 0. The molecule has 0 unspecified atom stereocenters. The van der Waals surface area contributed by atoms with Crippen LogP contribution in [0, 0.1) is 28.6 Å². The Bertz CT molecular complexity index is 1020. The molecule has 3 aliphatic rings. The molecule has 1 aromatic rings. The number of phenolic OH excluding ortho intramolecular Hbond substituents is 2. The van der Waals surface area contributed by atoms with Crippen molar-refractivity contribution in [1.29, 1.82) is 0 Å². The number of fused-ring (bicyclic) bond motifs is 4. The summed E-state index contributed by atoms with van der Waals surface area (Å²) in [7, 11) is 0. The minimum atomic E-state index is -0.458. The predicted molar refractivity (Wildman–Crippen MR) is 128 cm³/mol. The molecule has 0 spiro atoms. The van der Waals surface area contributed by atoms with Crippen LogP contribution in [0.5, 0.6) is 17.2 Å². The van der Waals surface area contributed by atoms with E-state index in [2.05, 4.69) is 33.8 Å². The van der Waals surface area contributed by atoms with Crippen molar-refractivity contribution in [2.45, 2.75) is 86.2 Å². The average Bonchev–Trinajstić information content (AvgIpc) is 3.26. The van der Waals surface area contributed by atoms with Gasteiger partial charge < -0.3 is 14.9 Å². The number of rotatable bonds is 4. The first-order valence-corrected chi connectivity index (χ1v) is 12.3. The van der Waals surface area contributed by atoms with Gasteiger partial charge in [-0.15, -0.1) is 0 Å². The molecule has 0 aromatic heterocycles. The molecule has 1 heterocycles. The SMILES string of the molecule is CC1=CCC[C@]2(C)Cc3c(O)c(C(=O)CC(C)C)c(O)c(C=O)c3O[C@H]2[C@@H]2[C@@H](CC1)C2(C)C. The molecule has 1 aromatic carbocycles. The Kier molecular flexibility index (Phi) is 5.91. The Hall–Kier alpha value is -2.30. The number of Topliss-reactive ketones (excluding diaryl/α,β-unsaturated/α-hetero) is 1. The summed E-state index contributed by atoms with van der Waals surface area (Å²) in [6.45, 7) is 12.8. The van der Waals surface area contributed by atoms with E-state index in [9.17, 15) is 19.8 Å². The maximum absolute atomic E-state index is 12.9. The van der Waals surface area contributed by atoms with E-state index < -0.39 is 5.75 Å². The molecule has 2 N–H and O–H groups in total. The van der Waals surface area contributed by atoms with Crippen molar-refractivity contribution in [3.05, 3.63) is 28.3 Å². The van der Waals surface area contributed by atoms with E-state index >= 15 is 0 Å². The van der Waals surface area contributed by atoms with Crippen LogP contribution in [-0.2, 0) is 6.42 Å². The smallest absolute Gasteiger partial charge is 0.170 e. The van der Waals surface area contributed by atoms with Gasteiger partial charge in [0.05, 0.1) is 5.56 Å². The van der Waals surface area contributed by atoms with Crippen molar-refractivity contribution in [2.75, 3.05) is 0 Å². The van der Waals surface area contributed by atoms with Gasteiger partial charge in [-0.05, 0) is 56.3 Å².